The van der Waals surface area contributed by atoms with Gasteiger partial charge in [0, 0.05) is 5.56 Å². The minimum atomic E-state index is -1.45. The molecule has 0 amide bonds. The first-order valence-corrected chi connectivity index (χ1v) is 8.35. The van der Waals surface area contributed by atoms with Gasteiger partial charge in [-0.25, -0.2) is 4.99 Å². The highest BCUT2D eigenvalue weighted by molar-refractivity contribution is 6.43. The first-order chi connectivity index (χ1) is 10.9. The summed E-state index contributed by atoms with van der Waals surface area (Å²) < 4.78 is 5.67. The normalized spacial score (nSPS) is 17.5. The van der Waals surface area contributed by atoms with Crippen LogP contribution < -0.4 is 5.32 Å². The summed E-state index contributed by atoms with van der Waals surface area (Å²) in [6.45, 7) is 7.52. The smallest absolute Gasteiger partial charge is 0.474 e. The average Bonchev–Trinajstić information content (AvgIpc) is 2.87. The molecule has 0 spiro atoms. The van der Waals surface area contributed by atoms with Crippen molar-refractivity contribution >= 4 is 13.0 Å². The fourth-order valence-corrected chi connectivity index (χ4v) is 2.63. The predicted molar refractivity (Wildman–Crippen MR) is 93.5 cm³/mol. The summed E-state index contributed by atoms with van der Waals surface area (Å²) in [5.74, 6) is 0.107. The van der Waals surface area contributed by atoms with Crippen LogP contribution in [0.4, 0.5) is 0 Å². The Bertz CT molecular complexity index is 546. The molecule has 6 heteroatoms. The molecule has 23 heavy (non-hydrogen) atoms. The van der Waals surface area contributed by atoms with Gasteiger partial charge in [-0.15, -0.1) is 0 Å². The fourth-order valence-electron chi connectivity index (χ4n) is 2.63. The highest BCUT2D eigenvalue weighted by Gasteiger charge is 2.29. The van der Waals surface area contributed by atoms with Crippen molar-refractivity contribution in [3.8, 4) is 0 Å². The maximum absolute atomic E-state index is 9.69. The van der Waals surface area contributed by atoms with Gasteiger partial charge in [0.1, 0.15) is 6.61 Å². The van der Waals surface area contributed by atoms with E-state index in [9.17, 15) is 10.0 Å². The van der Waals surface area contributed by atoms with Crippen molar-refractivity contribution < 1.29 is 14.8 Å². The quantitative estimate of drug-likeness (QED) is 0.507. The van der Waals surface area contributed by atoms with E-state index in [-0.39, 0.29) is 5.54 Å². The number of unbranched alkanes of at least 4 members (excludes halogenated alkanes) is 2. The van der Waals surface area contributed by atoms with E-state index in [4.69, 9.17) is 4.74 Å². The van der Waals surface area contributed by atoms with Crippen molar-refractivity contribution in [2.75, 3.05) is 13.2 Å². The van der Waals surface area contributed by atoms with E-state index < -0.39 is 13.1 Å². The molecule has 0 fully saturated rings. The maximum atomic E-state index is 9.69. The molecule has 0 unspecified atom stereocenters. The lowest BCUT2D eigenvalue weighted by atomic mass is 9.74. The standard InChI is InChI=1S/C17H27BN2O3/c1-4-5-6-10-19-15(18(21)22)13-8-7-9-14(11-13)16-20-17(2,3)12-23-16/h7-9,11,15,19,21-22H,4-6,10,12H2,1-3H3/t15-/m0/s1. The number of hydrogen-bond acceptors (Lipinski definition) is 5. The minimum Gasteiger partial charge on any atom is -0.475 e. The van der Waals surface area contributed by atoms with E-state index in [1.165, 1.54) is 0 Å². The molecule has 0 saturated carbocycles. The third-order valence-corrected chi connectivity index (χ3v) is 3.90. The summed E-state index contributed by atoms with van der Waals surface area (Å²) in [4.78, 5) is 4.57. The summed E-state index contributed by atoms with van der Waals surface area (Å²) in [5.41, 5.74) is 1.48. The van der Waals surface area contributed by atoms with E-state index in [1.807, 2.05) is 38.1 Å². The molecule has 5 nitrogen and oxygen atoms in total. The fraction of sp³-hybridized carbons (Fsp3) is 0.588. The molecular weight excluding hydrogens is 291 g/mol. The molecule has 1 aliphatic heterocycles. The van der Waals surface area contributed by atoms with Gasteiger partial charge in [0.05, 0.1) is 11.5 Å². The first-order valence-electron chi connectivity index (χ1n) is 8.35. The van der Waals surface area contributed by atoms with Gasteiger partial charge in [0.15, 0.2) is 0 Å². The highest BCUT2D eigenvalue weighted by Crippen LogP contribution is 2.23. The second-order valence-corrected chi connectivity index (χ2v) is 6.70. The van der Waals surface area contributed by atoms with Crippen LogP contribution in [0.15, 0.2) is 29.3 Å². The first kappa shape index (κ1) is 18.0. The third kappa shape index (κ3) is 5.06. The zero-order valence-corrected chi connectivity index (χ0v) is 14.2. The molecule has 3 N–H and O–H groups in total. The molecule has 126 valence electrons. The van der Waals surface area contributed by atoms with Crippen molar-refractivity contribution in [3.05, 3.63) is 35.4 Å². The van der Waals surface area contributed by atoms with Gasteiger partial charge in [-0.05, 0) is 44.5 Å². The van der Waals surface area contributed by atoms with Gasteiger partial charge in [-0.3, -0.25) is 0 Å². The van der Waals surface area contributed by atoms with Crippen LogP contribution in [-0.4, -0.2) is 41.8 Å². The highest BCUT2D eigenvalue weighted by atomic mass is 16.5. The zero-order chi connectivity index (χ0) is 16.9. The molecule has 0 aromatic heterocycles. The number of nitrogens with zero attached hydrogens (tertiary/aromatic N) is 1. The SMILES string of the molecule is CCCCCN[C@H](B(O)O)c1cccc(C2=NC(C)(C)CO2)c1. The van der Waals surface area contributed by atoms with Crippen molar-refractivity contribution in [3.63, 3.8) is 0 Å². The monoisotopic (exact) mass is 318 g/mol. The van der Waals surface area contributed by atoms with Crippen LogP contribution in [0.25, 0.3) is 0 Å². The molecule has 0 aliphatic carbocycles. The van der Waals surface area contributed by atoms with E-state index in [2.05, 4.69) is 17.2 Å². The molecule has 2 rings (SSSR count). The van der Waals surface area contributed by atoms with Crippen LogP contribution in [0.1, 0.15) is 57.1 Å². The van der Waals surface area contributed by atoms with Crippen LogP contribution >= 0.6 is 0 Å². The molecule has 1 aromatic rings. The lowest BCUT2D eigenvalue weighted by Crippen LogP contribution is -2.36. The Morgan fingerprint density at radius 3 is 2.74 bits per heavy atom. The van der Waals surface area contributed by atoms with E-state index >= 15 is 0 Å². The molecule has 0 radical (unpaired) electrons. The van der Waals surface area contributed by atoms with Gasteiger partial charge >= 0.3 is 7.12 Å². The lowest BCUT2D eigenvalue weighted by molar-refractivity contribution is 0.279. The van der Waals surface area contributed by atoms with Gasteiger partial charge in [-0.2, -0.15) is 0 Å². The third-order valence-electron chi connectivity index (χ3n) is 3.90. The molecule has 1 aromatic carbocycles. The van der Waals surface area contributed by atoms with Crippen LogP contribution in [0.3, 0.4) is 0 Å². The Kier molecular flexibility index (Phi) is 6.21. The largest absolute Gasteiger partial charge is 0.475 e. The Morgan fingerprint density at radius 2 is 2.13 bits per heavy atom. The number of ether oxygens (including phenoxy) is 1. The van der Waals surface area contributed by atoms with Gasteiger partial charge in [0.2, 0.25) is 5.90 Å². The van der Waals surface area contributed by atoms with Crippen LogP contribution in [-0.2, 0) is 4.74 Å². The number of rotatable bonds is 8. The Morgan fingerprint density at radius 1 is 1.35 bits per heavy atom. The van der Waals surface area contributed by atoms with Crippen molar-refractivity contribution in [1.82, 2.24) is 5.32 Å². The second kappa shape index (κ2) is 7.95. The number of nitrogens with one attached hydrogen (secondary N) is 1. The van der Waals surface area contributed by atoms with Crippen LogP contribution in [0.5, 0.6) is 0 Å². The topological polar surface area (TPSA) is 74.1 Å². The number of benzene rings is 1. The summed E-state index contributed by atoms with van der Waals surface area (Å²) in [5, 5.41) is 22.6. The van der Waals surface area contributed by atoms with E-state index in [0.717, 1.165) is 36.9 Å². The Balaban J connectivity index is 2.13. The van der Waals surface area contributed by atoms with Gasteiger partial charge in [-0.1, -0.05) is 31.9 Å². The molecule has 1 aliphatic rings. The lowest BCUT2D eigenvalue weighted by Gasteiger charge is -2.19. The maximum Gasteiger partial charge on any atom is 0.474 e. The summed E-state index contributed by atoms with van der Waals surface area (Å²) in [6.07, 6.45) is 3.28. The van der Waals surface area contributed by atoms with E-state index in [1.54, 1.807) is 0 Å². The average molecular weight is 318 g/mol. The summed E-state index contributed by atoms with van der Waals surface area (Å²) in [6, 6.07) is 7.63. The van der Waals surface area contributed by atoms with Crippen molar-refractivity contribution in [1.29, 1.82) is 0 Å². The van der Waals surface area contributed by atoms with Crippen molar-refractivity contribution in [2.45, 2.75) is 51.5 Å². The van der Waals surface area contributed by atoms with Crippen molar-refractivity contribution in [2.24, 2.45) is 4.99 Å². The molecule has 0 saturated heterocycles. The van der Waals surface area contributed by atoms with Crippen LogP contribution in [0.2, 0.25) is 0 Å². The molecule has 0 bridgehead atoms. The molecule has 1 heterocycles. The number of hydrogen-bond donors (Lipinski definition) is 3. The van der Waals surface area contributed by atoms with Gasteiger partial charge < -0.3 is 20.1 Å². The van der Waals surface area contributed by atoms with Crippen LogP contribution in [0, 0.1) is 0 Å². The van der Waals surface area contributed by atoms with E-state index in [0.29, 0.717) is 12.5 Å². The predicted octanol–water partition coefficient (Wildman–Crippen LogP) is 2.07. The number of aliphatic imine (C=N–C) groups is 1. The minimum absolute atomic E-state index is 0.209. The second-order valence-electron chi connectivity index (χ2n) is 6.70. The summed E-state index contributed by atoms with van der Waals surface area (Å²) >= 11 is 0. The summed E-state index contributed by atoms with van der Waals surface area (Å²) in [7, 11) is -1.45. The Labute approximate surface area is 138 Å². The molecular formula is C17H27BN2O3. The zero-order valence-electron chi connectivity index (χ0n) is 14.2. The molecule has 1 atom stereocenters. The Hall–Kier alpha value is -1.37. The van der Waals surface area contributed by atoms with Gasteiger partial charge in [0.25, 0.3) is 0 Å².